The summed E-state index contributed by atoms with van der Waals surface area (Å²) in [4.78, 5) is 12.6. The van der Waals surface area contributed by atoms with E-state index < -0.39 is 64.4 Å². The minimum absolute atomic E-state index is 0.299. The number of carbonyl (C=O) groups is 1. The first-order valence-corrected chi connectivity index (χ1v) is 10.6. The summed E-state index contributed by atoms with van der Waals surface area (Å²) in [6.07, 6.45) is -4.25. The highest BCUT2D eigenvalue weighted by Gasteiger charge is 2.62. The van der Waals surface area contributed by atoms with Crippen LogP contribution in [0.3, 0.4) is 0 Å². The number of benzene rings is 1. The molecule has 0 aliphatic heterocycles. The zero-order chi connectivity index (χ0) is 28.6. The van der Waals surface area contributed by atoms with Crippen LogP contribution >= 0.6 is 11.6 Å². The monoisotopic (exact) mass is 570 g/mol. The molecule has 8 nitrogen and oxygen atoms in total. The molecule has 3 N–H and O–H groups in total. The minimum Gasteiger partial charge on any atom is -0.429 e. The molecule has 2 aromatic rings. The molecule has 38 heavy (non-hydrogen) atoms. The van der Waals surface area contributed by atoms with Gasteiger partial charge in [0.15, 0.2) is 17.3 Å². The SMILES string of the molecule is Cn1nc(C(F)(F)C(F)(F)F)c(OC(F)F)c1N/C=C(\C=N)c1cc(C(=O)NC2(C#N)CC2)c(Cl)cc1F. The molecular weight excluding hydrogens is 556 g/mol. The largest absolute Gasteiger partial charge is 0.459 e. The molecule has 1 amide bonds. The Morgan fingerprint density at radius 1 is 1.29 bits per heavy atom. The van der Waals surface area contributed by atoms with Gasteiger partial charge in [-0.25, -0.2) is 9.07 Å². The Hall–Kier alpha value is -3.87. The number of halogens is 9. The van der Waals surface area contributed by atoms with E-state index in [-0.39, 0.29) is 10.6 Å². The van der Waals surface area contributed by atoms with Crippen molar-refractivity contribution in [3.8, 4) is 11.8 Å². The number of hydrogen-bond donors (Lipinski definition) is 3. The van der Waals surface area contributed by atoms with Crippen LogP contribution < -0.4 is 15.4 Å². The topological polar surface area (TPSA) is 116 Å². The van der Waals surface area contributed by atoms with Gasteiger partial charge in [-0.15, -0.1) is 0 Å². The summed E-state index contributed by atoms with van der Waals surface area (Å²) in [5.74, 6) is -10.2. The molecule has 1 aromatic carbocycles. The van der Waals surface area contributed by atoms with E-state index in [4.69, 9.17) is 22.3 Å². The van der Waals surface area contributed by atoms with Gasteiger partial charge in [0.05, 0.1) is 16.7 Å². The van der Waals surface area contributed by atoms with E-state index in [9.17, 15) is 39.9 Å². The fourth-order valence-electron chi connectivity index (χ4n) is 3.17. The van der Waals surface area contributed by atoms with Crippen LogP contribution in [-0.2, 0) is 13.0 Å². The van der Waals surface area contributed by atoms with Gasteiger partial charge in [0.1, 0.15) is 11.4 Å². The molecule has 0 atom stereocenters. The highest BCUT2D eigenvalue weighted by Crippen LogP contribution is 2.49. The van der Waals surface area contributed by atoms with Crippen molar-refractivity contribution in [2.75, 3.05) is 5.32 Å². The molecule has 1 fully saturated rings. The lowest BCUT2D eigenvalue weighted by atomic mass is 10.0. The number of carbonyl (C=O) groups excluding carboxylic acids is 1. The smallest absolute Gasteiger partial charge is 0.429 e. The highest BCUT2D eigenvalue weighted by atomic mass is 35.5. The number of ether oxygens (including phenoxy) is 1. The number of alkyl halides is 7. The Kier molecular flexibility index (Phi) is 7.64. The first kappa shape index (κ1) is 28.7. The number of hydrogen-bond acceptors (Lipinski definition) is 6. The molecule has 1 aliphatic rings. The number of allylic oxidation sites excluding steroid dienone is 1. The van der Waals surface area contributed by atoms with Gasteiger partial charge in [-0.2, -0.15) is 41.1 Å². The Labute approximate surface area is 213 Å². The predicted molar refractivity (Wildman–Crippen MR) is 117 cm³/mol. The molecule has 204 valence electrons. The van der Waals surface area contributed by atoms with Gasteiger partial charge in [-0.3, -0.25) is 4.79 Å². The van der Waals surface area contributed by atoms with Gasteiger partial charge in [-0.05, 0) is 25.0 Å². The number of aryl methyl sites for hydroxylation is 1. The van der Waals surface area contributed by atoms with Gasteiger partial charge in [0.25, 0.3) is 5.91 Å². The van der Waals surface area contributed by atoms with E-state index >= 15 is 0 Å². The van der Waals surface area contributed by atoms with Gasteiger partial charge < -0.3 is 20.8 Å². The highest BCUT2D eigenvalue weighted by molar-refractivity contribution is 6.34. The van der Waals surface area contributed by atoms with E-state index in [2.05, 4.69) is 20.5 Å². The van der Waals surface area contributed by atoms with Crippen molar-refractivity contribution < 1.29 is 44.7 Å². The van der Waals surface area contributed by atoms with Crippen molar-refractivity contribution in [2.45, 2.75) is 37.1 Å². The van der Waals surface area contributed by atoms with Crippen molar-refractivity contribution in [2.24, 2.45) is 7.05 Å². The van der Waals surface area contributed by atoms with Crippen LogP contribution in [0, 0.1) is 22.6 Å². The summed E-state index contributed by atoms with van der Waals surface area (Å²) in [7, 11) is 0.836. The molecule has 0 bridgehead atoms. The number of rotatable bonds is 9. The van der Waals surface area contributed by atoms with E-state index in [1.807, 2.05) is 6.07 Å². The number of aromatic nitrogens is 2. The summed E-state index contributed by atoms with van der Waals surface area (Å²) < 4.78 is 111. The maximum absolute atomic E-state index is 14.7. The third kappa shape index (κ3) is 5.52. The Morgan fingerprint density at radius 3 is 2.42 bits per heavy atom. The van der Waals surface area contributed by atoms with Crippen LogP contribution in [0.4, 0.5) is 40.9 Å². The van der Waals surface area contributed by atoms with Crippen LogP contribution in [0.2, 0.25) is 5.02 Å². The summed E-state index contributed by atoms with van der Waals surface area (Å²) >= 11 is 5.94. The molecule has 0 radical (unpaired) electrons. The summed E-state index contributed by atoms with van der Waals surface area (Å²) in [5.41, 5.74) is -4.46. The third-order valence-corrected chi connectivity index (χ3v) is 5.63. The molecule has 1 saturated carbocycles. The molecule has 3 rings (SSSR count). The maximum atomic E-state index is 14.7. The lowest BCUT2D eigenvalue weighted by Crippen LogP contribution is -2.35. The third-order valence-electron chi connectivity index (χ3n) is 5.31. The predicted octanol–water partition coefficient (Wildman–Crippen LogP) is 5.36. The maximum Gasteiger partial charge on any atom is 0.459 e. The van der Waals surface area contributed by atoms with Gasteiger partial charge >= 0.3 is 18.7 Å². The Balaban J connectivity index is 2.03. The lowest BCUT2D eigenvalue weighted by Gasteiger charge is -2.18. The summed E-state index contributed by atoms with van der Waals surface area (Å²) in [5, 5.41) is 23.9. The van der Waals surface area contributed by atoms with Crippen LogP contribution in [0.5, 0.6) is 5.75 Å². The average molecular weight is 571 g/mol. The molecule has 1 heterocycles. The molecule has 0 saturated heterocycles. The minimum atomic E-state index is -6.21. The molecule has 0 spiro atoms. The number of nitrogens with one attached hydrogen (secondary N) is 3. The van der Waals surface area contributed by atoms with Crippen LogP contribution in [-0.4, -0.2) is 40.2 Å². The van der Waals surface area contributed by atoms with Crippen molar-refractivity contribution in [1.29, 1.82) is 10.7 Å². The molecule has 17 heteroatoms. The first-order valence-electron chi connectivity index (χ1n) is 10.2. The molecular formula is C21H15ClF8N6O2. The van der Waals surface area contributed by atoms with Crippen LogP contribution in [0.1, 0.15) is 34.5 Å². The van der Waals surface area contributed by atoms with Crippen LogP contribution in [0.25, 0.3) is 5.57 Å². The summed E-state index contributed by atoms with van der Waals surface area (Å²) in [6, 6.07) is 3.53. The van der Waals surface area contributed by atoms with Gasteiger partial charge in [-0.1, -0.05) is 11.6 Å². The van der Waals surface area contributed by atoms with E-state index in [0.717, 1.165) is 13.1 Å². The fourth-order valence-corrected chi connectivity index (χ4v) is 3.40. The van der Waals surface area contributed by atoms with E-state index in [1.54, 1.807) is 0 Å². The quantitative estimate of drug-likeness (QED) is 0.277. The summed E-state index contributed by atoms with van der Waals surface area (Å²) in [6.45, 7) is -3.83. The first-order chi connectivity index (χ1) is 17.6. The number of nitrogens with zero attached hydrogens (tertiary/aromatic N) is 3. The normalized spacial score (nSPS) is 15.2. The van der Waals surface area contributed by atoms with Crippen molar-refractivity contribution in [3.63, 3.8) is 0 Å². The van der Waals surface area contributed by atoms with Crippen molar-refractivity contribution >= 4 is 35.1 Å². The van der Waals surface area contributed by atoms with Crippen molar-refractivity contribution in [1.82, 2.24) is 15.1 Å². The number of amides is 1. The molecule has 1 aliphatic carbocycles. The Morgan fingerprint density at radius 2 is 1.92 bits per heavy atom. The van der Waals surface area contributed by atoms with Gasteiger partial charge in [0, 0.05) is 30.6 Å². The average Bonchev–Trinajstić information content (AvgIpc) is 3.51. The molecule has 0 unspecified atom stereocenters. The second-order valence-corrected chi connectivity index (χ2v) is 8.36. The zero-order valence-electron chi connectivity index (χ0n) is 18.9. The second kappa shape index (κ2) is 10.1. The standard InChI is InChI=1S/C21H15ClF8N6O2/c1-36-16(14(38-18(24)25)15(35-36)20(26,27)21(28,29)30)33-7-9(6-31)10-4-11(12(22)5-13(10)23)17(37)34-19(8-32)2-3-19/h4-7,18,31,33H,2-3H2,1H3,(H,34,37)/b9-7+,31-6?. The second-order valence-electron chi connectivity index (χ2n) is 7.95. The van der Waals surface area contributed by atoms with Crippen molar-refractivity contribution in [3.05, 3.63) is 46.0 Å². The fraction of sp³-hybridized carbons (Fsp3) is 0.333. The molecule has 1 aromatic heterocycles. The van der Waals surface area contributed by atoms with Gasteiger partial charge in [0.2, 0.25) is 0 Å². The zero-order valence-corrected chi connectivity index (χ0v) is 19.6. The van der Waals surface area contributed by atoms with E-state index in [0.29, 0.717) is 36.0 Å². The number of anilines is 1. The van der Waals surface area contributed by atoms with E-state index in [1.165, 1.54) is 0 Å². The van der Waals surface area contributed by atoms with Crippen LogP contribution in [0.15, 0.2) is 18.3 Å². The Bertz CT molecular complexity index is 1340. The lowest BCUT2D eigenvalue weighted by molar-refractivity contribution is -0.291. The number of nitriles is 1.